The molecule has 4 bridgehead atoms. The molecular weight excluding hydrogens is 360 g/mol. The summed E-state index contributed by atoms with van der Waals surface area (Å²) in [6, 6.07) is 6.59. The number of carbonyl (C=O) groups is 2. The van der Waals surface area contributed by atoms with Crippen LogP contribution in [0, 0.1) is 23.2 Å². The highest BCUT2D eigenvalue weighted by molar-refractivity contribution is 5.88. The standard InChI is InChI=1S/C25H34N2O2/c1-16(21-7-6-20-4-2-3-5-22(20)11-21)27-23(28)15-26-24(29)25-12-17-8-18(13-25)10-19(9-17)14-25/h6-7,11,16-19H,2-5,8-10,12-15H2,1H3,(H,26,29)(H,27,28). The first-order valence-electron chi connectivity index (χ1n) is 11.7. The lowest BCUT2D eigenvalue weighted by Crippen LogP contribution is -2.54. The first kappa shape index (κ1) is 19.1. The van der Waals surface area contributed by atoms with Crippen molar-refractivity contribution in [3.63, 3.8) is 0 Å². The zero-order valence-corrected chi connectivity index (χ0v) is 17.6. The molecular formula is C25H34N2O2. The van der Waals surface area contributed by atoms with Crippen LogP contribution >= 0.6 is 0 Å². The van der Waals surface area contributed by atoms with Gasteiger partial charge in [-0.1, -0.05) is 18.2 Å². The Morgan fingerprint density at radius 3 is 2.28 bits per heavy atom. The number of rotatable bonds is 5. The monoisotopic (exact) mass is 394 g/mol. The Balaban J connectivity index is 1.16. The molecule has 1 unspecified atom stereocenters. The number of amides is 2. The van der Waals surface area contributed by atoms with Gasteiger partial charge in [0.2, 0.25) is 11.8 Å². The van der Waals surface area contributed by atoms with Crippen LogP contribution in [-0.4, -0.2) is 18.4 Å². The van der Waals surface area contributed by atoms with E-state index in [0.717, 1.165) is 49.0 Å². The molecule has 2 amide bonds. The van der Waals surface area contributed by atoms with Crippen LogP contribution in [0.25, 0.3) is 0 Å². The van der Waals surface area contributed by atoms with Crippen LogP contribution < -0.4 is 10.6 Å². The SMILES string of the molecule is CC(NC(=O)CNC(=O)C12CC3CC(CC(C3)C1)C2)c1ccc2c(c1)CCCC2. The fourth-order valence-corrected chi connectivity index (χ4v) is 7.14. The van der Waals surface area contributed by atoms with Gasteiger partial charge in [0.15, 0.2) is 0 Å². The van der Waals surface area contributed by atoms with E-state index in [1.54, 1.807) is 0 Å². The van der Waals surface area contributed by atoms with E-state index in [9.17, 15) is 9.59 Å². The van der Waals surface area contributed by atoms with E-state index in [1.807, 2.05) is 6.92 Å². The Bertz CT molecular complexity index is 780. The van der Waals surface area contributed by atoms with E-state index in [-0.39, 0.29) is 29.8 Å². The molecule has 4 heteroatoms. The zero-order chi connectivity index (χ0) is 20.0. The summed E-state index contributed by atoms with van der Waals surface area (Å²) in [6.07, 6.45) is 11.9. The molecule has 1 atom stereocenters. The summed E-state index contributed by atoms with van der Waals surface area (Å²) in [5, 5.41) is 6.07. The molecule has 0 aromatic heterocycles. The van der Waals surface area contributed by atoms with Crippen LogP contribution in [0.5, 0.6) is 0 Å². The summed E-state index contributed by atoms with van der Waals surface area (Å²) >= 11 is 0. The van der Waals surface area contributed by atoms with Crippen LogP contribution in [0.15, 0.2) is 18.2 Å². The van der Waals surface area contributed by atoms with E-state index < -0.39 is 0 Å². The third-order valence-electron chi connectivity index (χ3n) is 8.18. The molecule has 1 aromatic rings. The van der Waals surface area contributed by atoms with E-state index in [0.29, 0.717) is 0 Å². The Kier molecular flexibility index (Phi) is 4.92. The van der Waals surface area contributed by atoms with Crippen molar-refractivity contribution < 1.29 is 9.59 Å². The third kappa shape index (κ3) is 3.71. The van der Waals surface area contributed by atoms with Gasteiger partial charge in [0, 0.05) is 5.41 Å². The Morgan fingerprint density at radius 2 is 1.62 bits per heavy atom. The Hall–Kier alpha value is -1.84. The predicted molar refractivity (Wildman–Crippen MR) is 113 cm³/mol. The Morgan fingerprint density at radius 1 is 1.00 bits per heavy atom. The zero-order valence-electron chi connectivity index (χ0n) is 17.6. The van der Waals surface area contributed by atoms with Gasteiger partial charge in [-0.25, -0.2) is 0 Å². The molecule has 156 valence electrons. The quantitative estimate of drug-likeness (QED) is 0.791. The smallest absolute Gasteiger partial charge is 0.239 e. The Labute approximate surface area is 174 Å². The van der Waals surface area contributed by atoms with Crippen molar-refractivity contribution >= 4 is 11.8 Å². The average Bonchev–Trinajstić information content (AvgIpc) is 2.70. The van der Waals surface area contributed by atoms with Gasteiger partial charge < -0.3 is 10.6 Å². The molecule has 0 radical (unpaired) electrons. The minimum atomic E-state index is -0.181. The van der Waals surface area contributed by atoms with Crippen LogP contribution in [0.2, 0.25) is 0 Å². The van der Waals surface area contributed by atoms with E-state index >= 15 is 0 Å². The molecule has 2 N–H and O–H groups in total. The van der Waals surface area contributed by atoms with Crippen LogP contribution in [0.3, 0.4) is 0 Å². The van der Waals surface area contributed by atoms with Gasteiger partial charge in [0.05, 0.1) is 12.6 Å². The molecule has 5 aliphatic carbocycles. The van der Waals surface area contributed by atoms with Gasteiger partial charge in [-0.2, -0.15) is 0 Å². The van der Waals surface area contributed by atoms with Crippen molar-refractivity contribution in [1.29, 1.82) is 0 Å². The molecule has 5 aliphatic rings. The largest absolute Gasteiger partial charge is 0.348 e. The number of hydrogen-bond acceptors (Lipinski definition) is 2. The fraction of sp³-hybridized carbons (Fsp3) is 0.680. The summed E-state index contributed by atoms with van der Waals surface area (Å²) in [7, 11) is 0. The molecule has 1 aromatic carbocycles. The van der Waals surface area contributed by atoms with E-state index in [1.165, 1.54) is 49.7 Å². The molecule has 4 saturated carbocycles. The second-order valence-electron chi connectivity index (χ2n) is 10.4. The predicted octanol–water partition coefficient (Wildman–Crippen LogP) is 4.08. The summed E-state index contributed by atoms with van der Waals surface area (Å²) in [5.74, 6) is 2.26. The van der Waals surface area contributed by atoms with Crippen LogP contribution in [0.1, 0.15) is 81.0 Å². The highest BCUT2D eigenvalue weighted by Gasteiger charge is 2.54. The van der Waals surface area contributed by atoms with Crippen molar-refractivity contribution in [1.82, 2.24) is 10.6 Å². The molecule has 0 spiro atoms. The highest BCUT2D eigenvalue weighted by Crippen LogP contribution is 2.60. The van der Waals surface area contributed by atoms with Crippen molar-refractivity contribution in [2.45, 2.75) is 77.2 Å². The fourth-order valence-electron chi connectivity index (χ4n) is 7.14. The minimum Gasteiger partial charge on any atom is -0.348 e. The topological polar surface area (TPSA) is 58.2 Å². The molecule has 0 heterocycles. The number of carbonyl (C=O) groups excluding carboxylic acids is 2. The summed E-state index contributed by atoms with van der Waals surface area (Å²) < 4.78 is 0. The van der Waals surface area contributed by atoms with Crippen molar-refractivity contribution in [2.24, 2.45) is 23.2 Å². The van der Waals surface area contributed by atoms with Gasteiger partial charge in [0.25, 0.3) is 0 Å². The van der Waals surface area contributed by atoms with Crippen LogP contribution in [-0.2, 0) is 22.4 Å². The molecule has 4 fully saturated rings. The lowest BCUT2D eigenvalue weighted by atomic mass is 9.49. The molecule has 29 heavy (non-hydrogen) atoms. The molecule has 0 aliphatic heterocycles. The maximum atomic E-state index is 13.0. The van der Waals surface area contributed by atoms with Gasteiger partial charge in [-0.3, -0.25) is 9.59 Å². The van der Waals surface area contributed by atoms with Crippen molar-refractivity contribution in [3.8, 4) is 0 Å². The summed E-state index contributed by atoms with van der Waals surface area (Å²) in [4.78, 5) is 25.5. The molecule has 0 saturated heterocycles. The number of nitrogens with one attached hydrogen (secondary N) is 2. The van der Waals surface area contributed by atoms with Gasteiger partial charge in [-0.15, -0.1) is 0 Å². The number of aryl methyl sites for hydroxylation is 2. The van der Waals surface area contributed by atoms with Gasteiger partial charge in [-0.05, 0) is 106 Å². The molecule has 6 rings (SSSR count). The number of fused-ring (bicyclic) bond motifs is 1. The maximum Gasteiger partial charge on any atom is 0.239 e. The maximum absolute atomic E-state index is 13.0. The van der Waals surface area contributed by atoms with Crippen molar-refractivity contribution in [3.05, 3.63) is 34.9 Å². The highest BCUT2D eigenvalue weighted by atomic mass is 16.2. The van der Waals surface area contributed by atoms with Crippen molar-refractivity contribution in [2.75, 3.05) is 6.54 Å². The van der Waals surface area contributed by atoms with E-state index in [4.69, 9.17) is 0 Å². The lowest BCUT2D eigenvalue weighted by Gasteiger charge is -2.55. The third-order valence-corrected chi connectivity index (χ3v) is 8.18. The second kappa shape index (κ2) is 7.45. The second-order valence-corrected chi connectivity index (χ2v) is 10.4. The molecule has 4 nitrogen and oxygen atoms in total. The minimum absolute atomic E-state index is 0.0359. The van der Waals surface area contributed by atoms with Crippen LogP contribution in [0.4, 0.5) is 0 Å². The summed E-state index contributed by atoms with van der Waals surface area (Å²) in [5.41, 5.74) is 3.87. The lowest BCUT2D eigenvalue weighted by molar-refractivity contribution is -0.147. The van der Waals surface area contributed by atoms with E-state index in [2.05, 4.69) is 28.8 Å². The van der Waals surface area contributed by atoms with Gasteiger partial charge in [0.1, 0.15) is 0 Å². The first-order valence-corrected chi connectivity index (χ1v) is 11.7. The number of benzene rings is 1. The first-order chi connectivity index (χ1) is 14.0. The number of hydrogen-bond donors (Lipinski definition) is 2. The summed E-state index contributed by atoms with van der Waals surface area (Å²) in [6.45, 7) is 2.12. The average molecular weight is 395 g/mol. The van der Waals surface area contributed by atoms with Gasteiger partial charge >= 0.3 is 0 Å². The normalized spacial score (nSPS) is 33.1.